The third kappa shape index (κ3) is 2.90. The summed E-state index contributed by atoms with van der Waals surface area (Å²) in [7, 11) is 3.10. The summed E-state index contributed by atoms with van der Waals surface area (Å²) in [5.41, 5.74) is 0.228. The van der Waals surface area contributed by atoms with Gasteiger partial charge in [-0.1, -0.05) is 13.8 Å². The quantitative estimate of drug-likeness (QED) is 0.715. The van der Waals surface area contributed by atoms with Crippen LogP contribution in [0, 0.1) is 0 Å². The molecule has 1 aromatic heterocycles. The molecule has 0 aliphatic heterocycles. The maximum absolute atomic E-state index is 12.0. The highest BCUT2D eigenvalue weighted by Crippen LogP contribution is 2.33. The molecule has 0 aliphatic rings. The summed E-state index contributed by atoms with van der Waals surface area (Å²) in [4.78, 5) is 16.6. The zero-order chi connectivity index (χ0) is 13.6. The first-order chi connectivity index (χ1) is 8.64. The lowest BCUT2D eigenvalue weighted by molar-refractivity contribution is -0.148. The van der Waals surface area contributed by atoms with Crippen LogP contribution < -0.4 is 0 Å². The second-order valence-corrected chi connectivity index (χ2v) is 5.09. The van der Waals surface area contributed by atoms with Gasteiger partial charge in [0.15, 0.2) is 0 Å². The fraction of sp³-hybridized carbons (Fsp3) is 0.692. The predicted molar refractivity (Wildman–Crippen MR) is 72.0 cm³/mol. The Labute approximate surface area is 112 Å². The van der Waals surface area contributed by atoms with E-state index in [9.17, 15) is 4.79 Å². The zero-order valence-corrected chi connectivity index (χ0v) is 12.3. The molecule has 1 aromatic rings. The Morgan fingerprint density at radius 2 is 2.06 bits per heavy atom. The van der Waals surface area contributed by atoms with Crippen molar-refractivity contribution in [3.63, 3.8) is 0 Å². The largest absolute Gasteiger partial charge is 0.468 e. The van der Waals surface area contributed by atoms with E-state index in [0.29, 0.717) is 19.4 Å². The maximum Gasteiger partial charge on any atom is 0.317 e. The van der Waals surface area contributed by atoms with Crippen LogP contribution in [-0.2, 0) is 26.1 Å². The molecule has 0 aromatic carbocycles. The van der Waals surface area contributed by atoms with Crippen molar-refractivity contribution in [3.05, 3.63) is 16.1 Å². The zero-order valence-electron chi connectivity index (χ0n) is 11.5. The molecular formula is C13H21NO3S. The van der Waals surface area contributed by atoms with Crippen molar-refractivity contribution in [2.75, 3.05) is 20.8 Å². The molecule has 0 aliphatic carbocycles. The summed E-state index contributed by atoms with van der Waals surface area (Å²) in [6, 6.07) is 0. The molecule has 0 amide bonds. The van der Waals surface area contributed by atoms with Crippen molar-refractivity contribution in [1.29, 1.82) is 0 Å². The van der Waals surface area contributed by atoms with Crippen LogP contribution in [0.2, 0.25) is 0 Å². The molecule has 4 nitrogen and oxygen atoms in total. The average Bonchev–Trinajstić information content (AvgIpc) is 2.87. The summed E-state index contributed by atoms with van der Waals surface area (Å²) < 4.78 is 9.98. The predicted octanol–water partition coefficient (Wildman–Crippen LogP) is 2.56. The molecule has 5 heteroatoms. The van der Waals surface area contributed by atoms with Crippen molar-refractivity contribution in [2.45, 2.75) is 38.5 Å². The van der Waals surface area contributed by atoms with Gasteiger partial charge < -0.3 is 9.47 Å². The molecule has 0 unspecified atom stereocenters. The summed E-state index contributed by atoms with van der Waals surface area (Å²) in [6.07, 6.45) is 2.18. The van der Waals surface area contributed by atoms with Gasteiger partial charge in [-0.15, -0.1) is 11.3 Å². The van der Waals surface area contributed by atoms with E-state index in [0.717, 1.165) is 17.1 Å². The van der Waals surface area contributed by atoms with Gasteiger partial charge in [0.2, 0.25) is 0 Å². The van der Waals surface area contributed by atoms with Gasteiger partial charge in [0.1, 0.15) is 5.41 Å². The number of rotatable bonds is 7. The van der Waals surface area contributed by atoms with E-state index >= 15 is 0 Å². The molecule has 0 saturated carbocycles. The van der Waals surface area contributed by atoms with Crippen molar-refractivity contribution in [3.8, 4) is 0 Å². The molecule has 0 spiro atoms. The minimum absolute atomic E-state index is 0.198. The highest BCUT2D eigenvalue weighted by molar-refractivity contribution is 7.09. The summed E-state index contributed by atoms with van der Waals surface area (Å²) in [5, 5.41) is 2.97. The van der Waals surface area contributed by atoms with Crippen LogP contribution >= 0.6 is 11.3 Å². The number of aromatic nitrogens is 1. The third-order valence-electron chi connectivity index (χ3n) is 3.35. The van der Waals surface area contributed by atoms with Gasteiger partial charge in [0, 0.05) is 18.9 Å². The molecule has 0 radical (unpaired) electrons. The highest BCUT2D eigenvalue weighted by atomic mass is 32.1. The first-order valence-corrected chi connectivity index (χ1v) is 7.04. The smallest absolute Gasteiger partial charge is 0.317 e. The van der Waals surface area contributed by atoms with Gasteiger partial charge >= 0.3 is 5.97 Å². The molecule has 102 valence electrons. The highest BCUT2D eigenvalue weighted by Gasteiger charge is 2.40. The fourth-order valence-corrected chi connectivity index (χ4v) is 2.91. The van der Waals surface area contributed by atoms with E-state index < -0.39 is 5.41 Å². The summed E-state index contributed by atoms with van der Waals surface area (Å²) in [5.74, 6) is -0.198. The molecule has 0 saturated heterocycles. The van der Waals surface area contributed by atoms with E-state index in [4.69, 9.17) is 9.47 Å². The number of hydrogen-bond acceptors (Lipinski definition) is 5. The van der Waals surface area contributed by atoms with Crippen molar-refractivity contribution < 1.29 is 14.3 Å². The summed E-state index contributed by atoms with van der Waals surface area (Å²) in [6.45, 7) is 4.64. The number of nitrogens with zero attached hydrogens (tertiary/aromatic N) is 1. The molecule has 0 N–H and O–H groups in total. The first kappa shape index (κ1) is 15.1. The lowest BCUT2D eigenvalue weighted by Gasteiger charge is -2.26. The number of hydrogen-bond donors (Lipinski definition) is 0. The van der Waals surface area contributed by atoms with Crippen LogP contribution in [0.5, 0.6) is 0 Å². The first-order valence-electron chi connectivity index (χ1n) is 6.16. The van der Waals surface area contributed by atoms with E-state index in [1.54, 1.807) is 18.4 Å². The standard InChI is InChI=1S/C13H21NO3S/c1-5-13(6-2,12(15)17-4)10-9-18-11(14-10)7-8-16-3/h9H,5-8H2,1-4H3. The second kappa shape index (κ2) is 6.85. The van der Waals surface area contributed by atoms with E-state index in [-0.39, 0.29) is 5.97 Å². The van der Waals surface area contributed by atoms with E-state index in [2.05, 4.69) is 4.98 Å². The van der Waals surface area contributed by atoms with Gasteiger partial charge in [-0.3, -0.25) is 4.79 Å². The molecular weight excluding hydrogens is 250 g/mol. The Morgan fingerprint density at radius 1 is 1.39 bits per heavy atom. The van der Waals surface area contributed by atoms with Crippen LogP contribution in [0.1, 0.15) is 37.4 Å². The fourth-order valence-electron chi connectivity index (χ4n) is 2.04. The number of ether oxygens (including phenoxy) is 2. The average molecular weight is 271 g/mol. The Balaban J connectivity index is 2.99. The lowest BCUT2D eigenvalue weighted by atomic mass is 9.80. The molecule has 0 bridgehead atoms. The Kier molecular flexibility index (Phi) is 5.75. The lowest BCUT2D eigenvalue weighted by Crippen LogP contribution is -2.36. The van der Waals surface area contributed by atoms with Gasteiger partial charge in [-0.2, -0.15) is 0 Å². The molecule has 1 heterocycles. The molecule has 0 atom stereocenters. The molecule has 1 rings (SSSR count). The van der Waals surface area contributed by atoms with Gasteiger partial charge in [0.25, 0.3) is 0 Å². The minimum Gasteiger partial charge on any atom is -0.468 e. The SMILES string of the molecule is CCC(CC)(C(=O)OC)c1csc(CCOC)n1. The monoisotopic (exact) mass is 271 g/mol. The maximum atomic E-state index is 12.0. The van der Waals surface area contributed by atoms with Crippen LogP contribution in [0.3, 0.4) is 0 Å². The van der Waals surface area contributed by atoms with Gasteiger partial charge in [-0.25, -0.2) is 4.98 Å². The number of esters is 1. The Hall–Kier alpha value is -0.940. The summed E-state index contributed by atoms with van der Waals surface area (Å²) >= 11 is 1.58. The minimum atomic E-state index is -0.601. The van der Waals surface area contributed by atoms with Gasteiger partial charge in [0.05, 0.1) is 24.4 Å². The normalized spacial score (nSPS) is 11.6. The van der Waals surface area contributed by atoms with Crippen LogP contribution in [0.15, 0.2) is 5.38 Å². The molecule has 18 heavy (non-hydrogen) atoms. The molecule has 0 fully saturated rings. The van der Waals surface area contributed by atoms with Crippen LogP contribution in [0.4, 0.5) is 0 Å². The Bertz CT molecular complexity index is 385. The van der Waals surface area contributed by atoms with E-state index in [1.807, 2.05) is 19.2 Å². The van der Waals surface area contributed by atoms with Crippen LogP contribution in [-0.4, -0.2) is 31.8 Å². The van der Waals surface area contributed by atoms with Gasteiger partial charge in [-0.05, 0) is 12.8 Å². The Morgan fingerprint density at radius 3 is 2.56 bits per heavy atom. The van der Waals surface area contributed by atoms with Crippen LogP contribution in [0.25, 0.3) is 0 Å². The number of methoxy groups -OCH3 is 2. The second-order valence-electron chi connectivity index (χ2n) is 4.15. The third-order valence-corrected chi connectivity index (χ3v) is 4.25. The van der Waals surface area contributed by atoms with Crippen molar-refractivity contribution in [2.24, 2.45) is 0 Å². The van der Waals surface area contributed by atoms with Crippen molar-refractivity contribution >= 4 is 17.3 Å². The number of carbonyl (C=O) groups is 1. The van der Waals surface area contributed by atoms with E-state index in [1.165, 1.54) is 7.11 Å². The topological polar surface area (TPSA) is 48.4 Å². The number of carbonyl (C=O) groups excluding carboxylic acids is 1. The number of thiazole rings is 1. The van der Waals surface area contributed by atoms with Crippen molar-refractivity contribution in [1.82, 2.24) is 4.98 Å².